The van der Waals surface area contributed by atoms with E-state index in [0.717, 1.165) is 11.1 Å². The van der Waals surface area contributed by atoms with E-state index in [-0.39, 0.29) is 5.91 Å². The van der Waals surface area contributed by atoms with Crippen molar-refractivity contribution in [1.82, 2.24) is 5.32 Å². The van der Waals surface area contributed by atoms with Gasteiger partial charge in [-0.15, -0.1) is 0 Å². The van der Waals surface area contributed by atoms with E-state index >= 15 is 0 Å². The minimum Gasteiger partial charge on any atom is -0.329 e. The second-order valence-corrected chi connectivity index (χ2v) is 3.47. The zero-order chi connectivity index (χ0) is 11.1. The first-order chi connectivity index (χ1) is 7.18. The van der Waals surface area contributed by atoms with Gasteiger partial charge in [0.2, 0.25) is 5.91 Å². The Labute approximate surface area is 90.3 Å². The summed E-state index contributed by atoms with van der Waals surface area (Å²) in [6, 6.07) is 9.82. The second-order valence-electron chi connectivity index (χ2n) is 3.47. The Kier molecular flexibility index (Phi) is 4.35. The molecule has 0 unspecified atom stereocenters. The molecule has 0 fully saturated rings. The monoisotopic (exact) mass is 201 g/mol. The lowest BCUT2D eigenvalue weighted by Gasteiger charge is -1.95. The number of nitrogens with one attached hydrogen (secondary N) is 1. The molecule has 0 atom stereocenters. The number of rotatable bonds is 3. The van der Waals surface area contributed by atoms with E-state index in [1.165, 1.54) is 0 Å². The van der Waals surface area contributed by atoms with Gasteiger partial charge in [-0.25, -0.2) is 0 Å². The van der Waals surface area contributed by atoms with Crippen LogP contribution >= 0.6 is 0 Å². The van der Waals surface area contributed by atoms with Gasteiger partial charge in [-0.2, -0.15) is 0 Å². The van der Waals surface area contributed by atoms with E-state index in [4.69, 9.17) is 0 Å². The van der Waals surface area contributed by atoms with E-state index in [0.29, 0.717) is 0 Å². The Morgan fingerprint density at radius 3 is 2.47 bits per heavy atom. The summed E-state index contributed by atoms with van der Waals surface area (Å²) < 4.78 is 0. The van der Waals surface area contributed by atoms with Gasteiger partial charge in [0.05, 0.1) is 0 Å². The van der Waals surface area contributed by atoms with Crippen molar-refractivity contribution < 1.29 is 4.79 Å². The molecule has 0 aliphatic rings. The Balaban J connectivity index is 2.48. The largest absolute Gasteiger partial charge is 0.329 e. The molecule has 0 heterocycles. The summed E-state index contributed by atoms with van der Waals surface area (Å²) in [5.74, 6) is -0.0952. The fourth-order valence-electron chi connectivity index (χ4n) is 1.09. The van der Waals surface area contributed by atoms with Crippen LogP contribution < -0.4 is 5.32 Å². The third kappa shape index (κ3) is 4.81. The number of hydrogen-bond acceptors (Lipinski definition) is 1. The molecule has 0 aliphatic heterocycles. The Morgan fingerprint density at radius 2 is 1.87 bits per heavy atom. The minimum atomic E-state index is -0.0952. The Hall–Kier alpha value is -1.83. The van der Waals surface area contributed by atoms with Crippen LogP contribution in [0.3, 0.4) is 0 Å². The molecule has 2 nitrogen and oxygen atoms in total. The molecule has 2 heteroatoms. The van der Waals surface area contributed by atoms with Crippen molar-refractivity contribution in [2.24, 2.45) is 0 Å². The van der Waals surface area contributed by atoms with Gasteiger partial charge in [0, 0.05) is 12.3 Å². The first-order valence-electron chi connectivity index (χ1n) is 4.85. The number of benzene rings is 1. The molecule has 1 rings (SSSR count). The normalized spacial score (nSPS) is 10.0. The molecule has 15 heavy (non-hydrogen) atoms. The van der Waals surface area contributed by atoms with Crippen LogP contribution in [0.4, 0.5) is 0 Å². The molecular formula is C13H15NO. The fraction of sp³-hybridized carbons (Fsp3) is 0.154. The molecular weight excluding hydrogens is 186 g/mol. The van der Waals surface area contributed by atoms with Gasteiger partial charge >= 0.3 is 0 Å². The van der Waals surface area contributed by atoms with Gasteiger partial charge in [-0.3, -0.25) is 4.79 Å². The predicted octanol–water partition coefficient (Wildman–Crippen LogP) is 2.74. The maximum atomic E-state index is 11.2. The number of carbonyl (C=O) groups is 1. The molecule has 0 aliphatic carbocycles. The summed E-state index contributed by atoms with van der Waals surface area (Å²) in [6.07, 6.45) is 5.07. The maximum Gasteiger partial charge on any atom is 0.247 e. The number of amides is 1. The molecule has 0 bridgehead atoms. The summed E-state index contributed by atoms with van der Waals surface area (Å²) in [6.45, 7) is 3.78. The van der Waals surface area contributed by atoms with Gasteiger partial charge in [-0.1, -0.05) is 35.9 Å². The van der Waals surface area contributed by atoms with Crippen molar-refractivity contribution in [2.75, 3.05) is 0 Å². The highest BCUT2D eigenvalue weighted by Crippen LogP contribution is 1.99. The van der Waals surface area contributed by atoms with Crippen molar-refractivity contribution in [3.8, 4) is 0 Å². The molecule has 1 aromatic rings. The summed E-state index contributed by atoms with van der Waals surface area (Å²) in [5, 5.41) is 2.67. The van der Waals surface area contributed by atoms with Crippen molar-refractivity contribution >= 4 is 12.0 Å². The average molecular weight is 201 g/mol. The van der Waals surface area contributed by atoms with Crippen LogP contribution in [0.2, 0.25) is 0 Å². The van der Waals surface area contributed by atoms with Crippen LogP contribution in [0.1, 0.15) is 19.4 Å². The van der Waals surface area contributed by atoms with Gasteiger partial charge < -0.3 is 5.32 Å². The standard InChI is InChI=1S/C13H15NO/c1-11(2)10-13(15)14-9-8-12-6-4-3-5-7-12/h3-10H,1-2H3,(H,14,15)/b9-8+. The molecule has 0 saturated carbocycles. The van der Waals surface area contributed by atoms with Gasteiger partial charge in [0.15, 0.2) is 0 Å². The molecule has 1 N–H and O–H groups in total. The number of allylic oxidation sites excluding steroid dienone is 1. The SMILES string of the molecule is CC(C)=CC(=O)N/C=C/c1ccccc1. The predicted molar refractivity (Wildman–Crippen MR) is 63.0 cm³/mol. The quantitative estimate of drug-likeness (QED) is 0.748. The summed E-state index contributed by atoms with van der Waals surface area (Å²) >= 11 is 0. The molecule has 0 spiro atoms. The maximum absolute atomic E-state index is 11.2. The molecule has 1 aromatic carbocycles. The third-order valence-electron chi connectivity index (χ3n) is 1.72. The van der Waals surface area contributed by atoms with E-state index in [9.17, 15) is 4.79 Å². The molecule has 1 amide bonds. The van der Waals surface area contributed by atoms with Gasteiger partial charge in [-0.05, 0) is 25.5 Å². The van der Waals surface area contributed by atoms with Crippen LogP contribution in [0.15, 0.2) is 48.2 Å². The highest BCUT2D eigenvalue weighted by molar-refractivity contribution is 5.89. The second kappa shape index (κ2) is 5.81. The Morgan fingerprint density at radius 1 is 1.20 bits per heavy atom. The lowest BCUT2D eigenvalue weighted by atomic mass is 10.2. The van der Waals surface area contributed by atoms with Crippen LogP contribution in [-0.4, -0.2) is 5.91 Å². The van der Waals surface area contributed by atoms with Gasteiger partial charge in [0.25, 0.3) is 0 Å². The van der Waals surface area contributed by atoms with E-state index < -0.39 is 0 Å². The van der Waals surface area contributed by atoms with Crippen molar-refractivity contribution in [1.29, 1.82) is 0 Å². The smallest absolute Gasteiger partial charge is 0.247 e. The van der Waals surface area contributed by atoms with E-state index in [1.807, 2.05) is 50.3 Å². The van der Waals surface area contributed by atoms with Crippen molar-refractivity contribution in [3.63, 3.8) is 0 Å². The topological polar surface area (TPSA) is 29.1 Å². The first-order valence-corrected chi connectivity index (χ1v) is 4.85. The fourth-order valence-corrected chi connectivity index (χ4v) is 1.09. The molecule has 0 aromatic heterocycles. The summed E-state index contributed by atoms with van der Waals surface area (Å²) in [5.41, 5.74) is 2.05. The zero-order valence-corrected chi connectivity index (χ0v) is 9.03. The zero-order valence-electron chi connectivity index (χ0n) is 9.03. The molecule has 78 valence electrons. The minimum absolute atomic E-state index is 0.0952. The highest BCUT2D eigenvalue weighted by atomic mass is 16.1. The average Bonchev–Trinajstić information content (AvgIpc) is 2.18. The van der Waals surface area contributed by atoms with E-state index in [1.54, 1.807) is 12.3 Å². The van der Waals surface area contributed by atoms with Crippen LogP contribution in [0.25, 0.3) is 6.08 Å². The number of hydrogen-bond donors (Lipinski definition) is 1. The van der Waals surface area contributed by atoms with Crippen molar-refractivity contribution in [2.45, 2.75) is 13.8 Å². The highest BCUT2D eigenvalue weighted by Gasteiger charge is 1.90. The summed E-state index contributed by atoms with van der Waals surface area (Å²) in [4.78, 5) is 11.2. The molecule has 0 saturated heterocycles. The van der Waals surface area contributed by atoms with Crippen LogP contribution in [-0.2, 0) is 4.79 Å². The van der Waals surface area contributed by atoms with E-state index in [2.05, 4.69) is 5.32 Å². The van der Waals surface area contributed by atoms with Crippen molar-refractivity contribution in [3.05, 3.63) is 53.7 Å². The Bertz CT molecular complexity index is 373. The van der Waals surface area contributed by atoms with Gasteiger partial charge in [0.1, 0.15) is 0 Å². The first kappa shape index (κ1) is 11.2. The van der Waals surface area contributed by atoms with Crippen LogP contribution in [0.5, 0.6) is 0 Å². The summed E-state index contributed by atoms with van der Waals surface area (Å²) in [7, 11) is 0. The third-order valence-corrected chi connectivity index (χ3v) is 1.72. The number of carbonyl (C=O) groups excluding carboxylic acids is 1. The lowest BCUT2D eigenvalue weighted by molar-refractivity contribution is -0.115. The van der Waals surface area contributed by atoms with Crippen LogP contribution in [0, 0.1) is 0 Å². The lowest BCUT2D eigenvalue weighted by Crippen LogP contribution is -2.13. The molecule has 0 radical (unpaired) electrons.